The molecule has 5 nitrogen and oxygen atoms in total. The van der Waals surface area contributed by atoms with E-state index in [0.29, 0.717) is 17.9 Å². The Hall–Kier alpha value is -2.40. The molecule has 1 aliphatic rings. The minimum atomic E-state index is -0.114. The van der Waals surface area contributed by atoms with Crippen molar-refractivity contribution in [2.75, 3.05) is 6.61 Å². The highest BCUT2D eigenvalue weighted by atomic mass is 16.5. The van der Waals surface area contributed by atoms with Crippen LogP contribution in [-0.4, -0.2) is 28.6 Å². The maximum atomic E-state index is 12.5. The van der Waals surface area contributed by atoms with Crippen molar-refractivity contribution < 1.29 is 14.6 Å². The van der Waals surface area contributed by atoms with E-state index in [0.717, 1.165) is 31.2 Å². The number of nitrogens with zero attached hydrogens (tertiary/aromatic N) is 1. The van der Waals surface area contributed by atoms with Gasteiger partial charge in [-0.15, -0.1) is 0 Å². The van der Waals surface area contributed by atoms with E-state index in [1.807, 2.05) is 24.3 Å². The van der Waals surface area contributed by atoms with Gasteiger partial charge >= 0.3 is 0 Å². The molecule has 5 heteroatoms. The summed E-state index contributed by atoms with van der Waals surface area (Å²) in [6.45, 7) is 0.535. The molecule has 0 bridgehead atoms. The molecule has 1 heterocycles. The van der Waals surface area contributed by atoms with Crippen LogP contribution in [0.25, 0.3) is 0 Å². The number of amides is 1. The number of pyridine rings is 1. The van der Waals surface area contributed by atoms with Gasteiger partial charge in [-0.05, 0) is 37.1 Å². The third-order valence-electron chi connectivity index (χ3n) is 4.68. The highest BCUT2D eigenvalue weighted by molar-refractivity contribution is 5.94. The molecule has 1 saturated carbocycles. The quantitative estimate of drug-likeness (QED) is 0.848. The maximum Gasteiger partial charge on any atom is 0.251 e. The summed E-state index contributed by atoms with van der Waals surface area (Å²) >= 11 is 0. The second-order valence-corrected chi connectivity index (χ2v) is 6.48. The molecule has 1 fully saturated rings. The van der Waals surface area contributed by atoms with Crippen molar-refractivity contribution >= 4 is 5.91 Å². The first-order valence-electron chi connectivity index (χ1n) is 8.80. The van der Waals surface area contributed by atoms with Crippen molar-refractivity contribution in [1.29, 1.82) is 0 Å². The molecule has 1 aliphatic carbocycles. The lowest BCUT2D eigenvalue weighted by Crippen LogP contribution is -2.43. The smallest absolute Gasteiger partial charge is 0.251 e. The van der Waals surface area contributed by atoms with E-state index in [2.05, 4.69) is 10.3 Å². The first-order chi connectivity index (χ1) is 12.3. The largest absolute Gasteiger partial charge is 0.489 e. The highest BCUT2D eigenvalue weighted by Gasteiger charge is 2.26. The first-order valence-corrected chi connectivity index (χ1v) is 8.80. The molecular formula is C20H24N2O3. The molecule has 0 spiro atoms. The van der Waals surface area contributed by atoms with Crippen LogP contribution >= 0.6 is 0 Å². The number of benzene rings is 1. The van der Waals surface area contributed by atoms with Crippen LogP contribution in [0.4, 0.5) is 0 Å². The molecule has 1 amide bonds. The standard InChI is InChI=1S/C20H24N2O3/c23-13-17-6-1-2-9-19(17)22-20(24)16-7-3-8-18(11-16)25-14-15-5-4-10-21-12-15/h3-5,7-8,10-12,17,19,23H,1-2,6,9,13-14H2,(H,22,24). The molecule has 2 atom stereocenters. The normalized spacial score (nSPS) is 20.0. The fourth-order valence-electron chi connectivity index (χ4n) is 3.25. The zero-order chi connectivity index (χ0) is 17.5. The maximum absolute atomic E-state index is 12.5. The summed E-state index contributed by atoms with van der Waals surface area (Å²) in [6, 6.07) is 11.0. The Kier molecular flexibility index (Phi) is 6.01. The SMILES string of the molecule is O=C(NC1CCCCC1CO)c1cccc(OCc2cccnc2)c1. The van der Waals surface area contributed by atoms with Crippen molar-refractivity contribution in [3.63, 3.8) is 0 Å². The summed E-state index contributed by atoms with van der Waals surface area (Å²) in [5, 5.41) is 12.6. The Morgan fingerprint density at radius 1 is 1.24 bits per heavy atom. The summed E-state index contributed by atoms with van der Waals surface area (Å²) < 4.78 is 5.76. The summed E-state index contributed by atoms with van der Waals surface area (Å²) in [5.74, 6) is 0.693. The number of carbonyl (C=O) groups excluding carboxylic acids is 1. The number of rotatable bonds is 6. The average Bonchev–Trinajstić information content (AvgIpc) is 2.68. The van der Waals surface area contributed by atoms with Crippen LogP contribution in [0.5, 0.6) is 5.75 Å². The van der Waals surface area contributed by atoms with Crippen molar-refractivity contribution in [2.24, 2.45) is 5.92 Å². The van der Waals surface area contributed by atoms with Crippen LogP contribution in [0.1, 0.15) is 41.6 Å². The number of carbonyl (C=O) groups is 1. The summed E-state index contributed by atoms with van der Waals surface area (Å²) in [5.41, 5.74) is 1.55. The Morgan fingerprint density at radius 2 is 2.12 bits per heavy atom. The van der Waals surface area contributed by atoms with Gasteiger partial charge in [-0.2, -0.15) is 0 Å². The molecule has 2 aromatic rings. The van der Waals surface area contributed by atoms with E-state index < -0.39 is 0 Å². The lowest BCUT2D eigenvalue weighted by molar-refractivity contribution is 0.0872. The van der Waals surface area contributed by atoms with Crippen LogP contribution in [0.3, 0.4) is 0 Å². The third-order valence-corrected chi connectivity index (χ3v) is 4.68. The molecule has 0 radical (unpaired) electrons. The predicted molar refractivity (Wildman–Crippen MR) is 95.3 cm³/mol. The predicted octanol–water partition coefficient (Wildman–Crippen LogP) is 2.94. The molecular weight excluding hydrogens is 316 g/mol. The van der Waals surface area contributed by atoms with Crippen LogP contribution in [0.15, 0.2) is 48.8 Å². The van der Waals surface area contributed by atoms with E-state index in [1.54, 1.807) is 24.5 Å². The zero-order valence-electron chi connectivity index (χ0n) is 14.2. The Bertz CT molecular complexity index is 690. The number of nitrogens with one attached hydrogen (secondary N) is 1. The van der Waals surface area contributed by atoms with Crippen LogP contribution < -0.4 is 10.1 Å². The van der Waals surface area contributed by atoms with Crippen molar-refractivity contribution in [3.8, 4) is 5.75 Å². The molecule has 0 saturated heterocycles. The Balaban J connectivity index is 1.61. The van der Waals surface area contributed by atoms with Gasteiger partial charge in [-0.3, -0.25) is 9.78 Å². The van der Waals surface area contributed by atoms with Crippen LogP contribution in [0, 0.1) is 5.92 Å². The minimum absolute atomic E-state index is 0.0474. The lowest BCUT2D eigenvalue weighted by Gasteiger charge is -2.30. The van der Waals surface area contributed by atoms with Crippen LogP contribution in [0.2, 0.25) is 0 Å². The summed E-state index contributed by atoms with van der Waals surface area (Å²) in [4.78, 5) is 16.6. The number of aromatic nitrogens is 1. The topological polar surface area (TPSA) is 71.5 Å². The molecule has 0 aliphatic heterocycles. The van der Waals surface area contributed by atoms with Crippen LogP contribution in [-0.2, 0) is 6.61 Å². The van der Waals surface area contributed by atoms with E-state index in [1.165, 1.54) is 0 Å². The first kappa shape index (κ1) is 17.4. The summed E-state index contributed by atoms with van der Waals surface area (Å²) in [6.07, 6.45) is 7.59. The summed E-state index contributed by atoms with van der Waals surface area (Å²) in [7, 11) is 0. The number of hydrogen-bond acceptors (Lipinski definition) is 4. The number of aliphatic hydroxyl groups excluding tert-OH is 1. The fourth-order valence-corrected chi connectivity index (χ4v) is 3.25. The fraction of sp³-hybridized carbons (Fsp3) is 0.400. The molecule has 25 heavy (non-hydrogen) atoms. The molecule has 132 valence electrons. The number of hydrogen-bond donors (Lipinski definition) is 2. The molecule has 3 rings (SSSR count). The van der Waals surface area contributed by atoms with Gasteiger partial charge in [0.15, 0.2) is 0 Å². The Morgan fingerprint density at radius 3 is 2.92 bits per heavy atom. The van der Waals surface area contributed by atoms with Gasteiger partial charge in [-0.25, -0.2) is 0 Å². The second kappa shape index (κ2) is 8.62. The lowest BCUT2D eigenvalue weighted by atomic mass is 9.85. The van der Waals surface area contributed by atoms with Gasteiger partial charge in [-0.1, -0.05) is 25.0 Å². The van der Waals surface area contributed by atoms with Gasteiger partial charge in [0.05, 0.1) is 0 Å². The highest BCUT2D eigenvalue weighted by Crippen LogP contribution is 2.24. The van der Waals surface area contributed by atoms with Gasteiger partial charge in [0.2, 0.25) is 0 Å². The van der Waals surface area contributed by atoms with Gasteiger partial charge in [0.25, 0.3) is 5.91 Å². The van der Waals surface area contributed by atoms with E-state index in [4.69, 9.17) is 4.74 Å². The van der Waals surface area contributed by atoms with E-state index >= 15 is 0 Å². The van der Waals surface area contributed by atoms with E-state index in [9.17, 15) is 9.90 Å². The van der Waals surface area contributed by atoms with E-state index in [-0.39, 0.29) is 24.5 Å². The van der Waals surface area contributed by atoms with Crippen molar-refractivity contribution in [1.82, 2.24) is 10.3 Å². The molecule has 2 N–H and O–H groups in total. The molecule has 1 aromatic heterocycles. The average molecular weight is 340 g/mol. The minimum Gasteiger partial charge on any atom is -0.489 e. The third kappa shape index (κ3) is 4.79. The molecule has 2 unspecified atom stereocenters. The van der Waals surface area contributed by atoms with Crippen molar-refractivity contribution in [3.05, 3.63) is 59.9 Å². The van der Waals surface area contributed by atoms with Crippen molar-refractivity contribution in [2.45, 2.75) is 38.3 Å². The number of ether oxygens (including phenoxy) is 1. The number of aliphatic hydroxyl groups is 1. The second-order valence-electron chi connectivity index (χ2n) is 6.48. The zero-order valence-corrected chi connectivity index (χ0v) is 14.2. The van der Waals surface area contributed by atoms with Gasteiger partial charge in [0.1, 0.15) is 12.4 Å². The monoisotopic (exact) mass is 340 g/mol. The van der Waals surface area contributed by atoms with Gasteiger partial charge < -0.3 is 15.2 Å². The molecule has 1 aromatic carbocycles. The van der Waals surface area contributed by atoms with Gasteiger partial charge in [0, 0.05) is 42.1 Å². The Labute approximate surface area is 148 Å².